The van der Waals surface area contributed by atoms with Gasteiger partial charge < -0.3 is 10.2 Å². The fourth-order valence-electron chi connectivity index (χ4n) is 5.95. The van der Waals surface area contributed by atoms with Gasteiger partial charge in [-0.25, -0.2) is 0 Å². The first-order valence-electron chi connectivity index (χ1n) is 13.2. The number of anilines is 1. The first-order valence-corrected chi connectivity index (χ1v) is 14.5. The van der Waals surface area contributed by atoms with Gasteiger partial charge in [-0.2, -0.15) is 0 Å². The van der Waals surface area contributed by atoms with Crippen molar-refractivity contribution in [1.82, 2.24) is 4.90 Å². The molecule has 11 heteroatoms. The Hall–Kier alpha value is -3.63. The van der Waals surface area contributed by atoms with Crippen molar-refractivity contribution in [2.24, 2.45) is 5.92 Å². The van der Waals surface area contributed by atoms with Crippen molar-refractivity contribution < 1.29 is 14.6 Å². The van der Waals surface area contributed by atoms with E-state index in [9.17, 15) is 25.0 Å². The van der Waals surface area contributed by atoms with Crippen LogP contribution in [0.5, 0.6) is 0 Å². The highest BCUT2D eigenvalue weighted by Crippen LogP contribution is 2.58. The zero-order valence-corrected chi connectivity index (χ0v) is 23.6. The molecule has 0 unspecified atom stereocenters. The van der Waals surface area contributed by atoms with Gasteiger partial charge in [0.2, 0.25) is 0 Å². The van der Waals surface area contributed by atoms with Gasteiger partial charge in [-0.15, -0.1) is 23.4 Å². The zero-order chi connectivity index (χ0) is 28.6. The third kappa shape index (κ3) is 5.13. The smallest absolute Gasteiger partial charge is 0.282 e. The van der Waals surface area contributed by atoms with Gasteiger partial charge in [0.1, 0.15) is 0 Å². The van der Waals surface area contributed by atoms with Gasteiger partial charge in [0.25, 0.3) is 17.3 Å². The summed E-state index contributed by atoms with van der Waals surface area (Å²) in [5.74, 6) is -0.185. The predicted molar refractivity (Wildman–Crippen MR) is 156 cm³/mol. The summed E-state index contributed by atoms with van der Waals surface area (Å²) in [5, 5.41) is 26.0. The summed E-state index contributed by atoms with van der Waals surface area (Å²) in [4.78, 5) is 37.6. The average Bonchev–Trinajstić information content (AvgIpc) is 3.29. The molecule has 9 nitrogen and oxygen atoms in total. The van der Waals surface area contributed by atoms with Crippen LogP contribution < -0.4 is 5.32 Å². The van der Waals surface area contributed by atoms with Gasteiger partial charge in [0.15, 0.2) is 0 Å². The van der Waals surface area contributed by atoms with Crippen LogP contribution >= 0.6 is 23.4 Å². The van der Waals surface area contributed by atoms with Crippen LogP contribution in [0.1, 0.15) is 53.7 Å². The Balaban J connectivity index is 1.55. The van der Waals surface area contributed by atoms with Crippen molar-refractivity contribution in [3.63, 3.8) is 0 Å². The highest BCUT2D eigenvalue weighted by atomic mass is 35.5. The van der Waals surface area contributed by atoms with Crippen molar-refractivity contribution in [1.29, 1.82) is 0 Å². The molecule has 0 spiro atoms. The van der Waals surface area contributed by atoms with Gasteiger partial charge in [-0.3, -0.25) is 25.0 Å². The highest BCUT2D eigenvalue weighted by Gasteiger charge is 2.50. The standard InChI is InChI=1S/C29H29ClN4O5S/c1-3-32(4-2)29(35)18-11-14-22-20(15-18)26-21(28(31-22)17-9-12-19(13-10-17)33(36)37)16-25(27(26)30)40-24-8-6-5-7-23(24)34(38)39/h5-15,21,25-28,31H,3-4,16H2,1-2H3/t21-,25+,26-,27+,28+/m0/s1. The average molecular weight is 581 g/mol. The van der Waals surface area contributed by atoms with Gasteiger partial charge in [0.05, 0.1) is 26.2 Å². The molecular formula is C29H29ClN4O5S. The number of rotatable bonds is 8. The number of nitro benzene ring substituents is 2. The molecule has 1 fully saturated rings. The Morgan fingerprint density at radius 3 is 2.38 bits per heavy atom. The molecule has 3 aromatic carbocycles. The van der Waals surface area contributed by atoms with Crippen LogP contribution in [0.4, 0.5) is 17.1 Å². The molecule has 40 heavy (non-hydrogen) atoms. The number of amides is 1. The van der Waals surface area contributed by atoms with Crippen molar-refractivity contribution in [2.45, 2.75) is 47.8 Å². The number of fused-ring (bicyclic) bond motifs is 3. The molecule has 3 aromatic rings. The Kier molecular flexibility index (Phi) is 8.00. The van der Waals surface area contributed by atoms with Crippen LogP contribution in [-0.4, -0.2) is 44.4 Å². The molecule has 0 saturated heterocycles. The number of non-ortho nitro benzene ring substituents is 1. The molecular weight excluding hydrogens is 552 g/mol. The molecule has 5 atom stereocenters. The Morgan fingerprint density at radius 2 is 1.73 bits per heavy atom. The molecule has 1 aliphatic carbocycles. The predicted octanol–water partition coefficient (Wildman–Crippen LogP) is 7.02. The molecule has 1 N–H and O–H groups in total. The summed E-state index contributed by atoms with van der Waals surface area (Å²) >= 11 is 8.64. The van der Waals surface area contributed by atoms with E-state index in [0.717, 1.165) is 16.8 Å². The van der Waals surface area contributed by atoms with E-state index in [-0.39, 0.29) is 50.7 Å². The van der Waals surface area contributed by atoms with Gasteiger partial charge in [0, 0.05) is 53.7 Å². The number of carbonyl (C=O) groups is 1. The van der Waals surface area contributed by atoms with Crippen LogP contribution in [-0.2, 0) is 0 Å². The second kappa shape index (κ2) is 11.5. The van der Waals surface area contributed by atoms with Crippen LogP contribution in [0.2, 0.25) is 0 Å². The lowest BCUT2D eigenvalue weighted by atomic mass is 9.76. The van der Waals surface area contributed by atoms with E-state index >= 15 is 0 Å². The van der Waals surface area contributed by atoms with Crippen LogP contribution in [0.3, 0.4) is 0 Å². The first-order chi connectivity index (χ1) is 19.2. The Morgan fingerprint density at radius 1 is 1.02 bits per heavy atom. The van der Waals surface area contributed by atoms with Crippen LogP contribution in [0.15, 0.2) is 71.6 Å². The lowest BCUT2D eigenvalue weighted by Gasteiger charge is -2.38. The number of benzene rings is 3. The Labute approximate surface area is 241 Å². The topological polar surface area (TPSA) is 119 Å². The summed E-state index contributed by atoms with van der Waals surface area (Å²) in [6.07, 6.45) is 0.665. The van der Waals surface area contributed by atoms with E-state index in [4.69, 9.17) is 11.6 Å². The molecule has 1 saturated carbocycles. The maximum atomic E-state index is 13.2. The summed E-state index contributed by atoms with van der Waals surface area (Å²) < 4.78 is 0. The van der Waals surface area contributed by atoms with E-state index in [2.05, 4.69) is 5.32 Å². The van der Waals surface area contributed by atoms with Gasteiger partial charge >= 0.3 is 0 Å². The zero-order valence-electron chi connectivity index (χ0n) is 22.0. The summed E-state index contributed by atoms with van der Waals surface area (Å²) in [6.45, 7) is 5.10. The van der Waals surface area contributed by atoms with Crippen molar-refractivity contribution in [2.75, 3.05) is 18.4 Å². The maximum absolute atomic E-state index is 13.2. The largest absolute Gasteiger partial charge is 0.378 e. The Bertz CT molecular complexity index is 1450. The van der Waals surface area contributed by atoms with E-state index < -0.39 is 4.92 Å². The fraction of sp³-hybridized carbons (Fsp3) is 0.345. The highest BCUT2D eigenvalue weighted by molar-refractivity contribution is 8.00. The minimum absolute atomic E-state index is 0.00414. The number of nitrogens with zero attached hydrogens (tertiary/aromatic N) is 3. The fourth-order valence-corrected chi connectivity index (χ4v) is 7.89. The van der Waals surface area contributed by atoms with Crippen molar-refractivity contribution in [3.8, 4) is 0 Å². The van der Waals surface area contributed by atoms with E-state index in [0.29, 0.717) is 30.0 Å². The van der Waals surface area contributed by atoms with Crippen molar-refractivity contribution >= 4 is 46.3 Å². The molecule has 2 aliphatic rings. The van der Waals surface area contributed by atoms with E-state index in [1.165, 1.54) is 30.0 Å². The number of thioether (sulfide) groups is 1. The second-order valence-electron chi connectivity index (χ2n) is 10.0. The molecule has 0 aromatic heterocycles. The second-order valence-corrected chi connectivity index (χ2v) is 11.8. The van der Waals surface area contributed by atoms with Crippen molar-refractivity contribution in [3.05, 3.63) is 104 Å². The summed E-state index contributed by atoms with van der Waals surface area (Å²) in [7, 11) is 0. The molecule has 0 radical (unpaired) electrons. The van der Waals surface area contributed by atoms with E-state index in [1.807, 2.05) is 32.0 Å². The quantitative estimate of drug-likeness (QED) is 0.173. The van der Waals surface area contributed by atoms with Gasteiger partial charge in [-0.05, 0) is 61.6 Å². The van der Waals surface area contributed by atoms with Gasteiger partial charge in [-0.1, -0.05) is 24.3 Å². The number of alkyl halides is 1. The number of nitrogens with one attached hydrogen (secondary N) is 1. The number of nitro groups is 2. The normalized spacial score (nSPS) is 23.0. The first kappa shape index (κ1) is 27.9. The third-order valence-corrected chi connectivity index (χ3v) is 10.0. The van der Waals surface area contributed by atoms with Crippen LogP contribution in [0, 0.1) is 26.1 Å². The number of para-hydroxylation sites is 1. The minimum atomic E-state index is -0.422. The monoisotopic (exact) mass is 580 g/mol. The van der Waals surface area contributed by atoms with Crippen LogP contribution in [0.25, 0.3) is 0 Å². The summed E-state index contributed by atoms with van der Waals surface area (Å²) in [5.41, 5.74) is 3.37. The SMILES string of the molecule is CCN(CC)C(=O)c1ccc2c(c1)[C@@H]1[C@H](Cl)[C@H](Sc3ccccc3[N+](=O)[O-])C[C@@H]1[C@@H](c1ccc([N+](=O)[O-])cc1)N2. The number of carbonyl (C=O) groups excluding carboxylic acids is 1. The number of hydrogen-bond donors (Lipinski definition) is 1. The molecule has 1 amide bonds. The molecule has 208 valence electrons. The third-order valence-electron chi connectivity index (χ3n) is 7.91. The van der Waals surface area contributed by atoms with E-state index in [1.54, 1.807) is 35.2 Å². The maximum Gasteiger partial charge on any atom is 0.282 e. The lowest BCUT2D eigenvalue weighted by Crippen LogP contribution is -2.33. The minimum Gasteiger partial charge on any atom is -0.378 e. The number of halogens is 1. The number of hydrogen-bond acceptors (Lipinski definition) is 7. The molecule has 1 aliphatic heterocycles. The molecule has 1 heterocycles. The summed E-state index contributed by atoms with van der Waals surface area (Å²) in [6, 6.07) is 18.7. The molecule has 0 bridgehead atoms. The molecule has 5 rings (SSSR count). The lowest BCUT2D eigenvalue weighted by molar-refractivity contribution is -0.387.